The summed E-state index contributed by atoms with van der Waals surface area (Å²) in [7, 11) is 0. The van der Waals surface area contributed by atoms with Crippen molar-refractivity contribution in [3.63, 3.8) is 0 Å². The number of benzene rings is 1. The summed E-state index contributed by atoms with van der Waals surface area (Å²) in [5, 5.41) is 36.7. The van der Waals surface area contributed by atoms with E-state index in [1.165, 1.54) is 17.2 Å². The minimum Gasteiger partial charge on any atom is -0.375 e. The van der Waals surface area contributed by atoms with E-state index in [1.54, 1.807) is 0 Å². The van der Waals surface area contributed by atoms with Gasteiger partial charge < -0.3 is 10.5 Å². The number of hydroxylamine groups is 2. The number of hydrogen-bond donors (Lipinski definition) is 2. The van der Waals surface area contributed by atoms with Gasteiger partial charge in [-0.15, -0.1) is 0 Å². The zero-order valence-electron chi connectivity index (χ0n) is 14.1. The molecule has 0 saturated carbocycles. The quantitative estimate of drug-likeness (QED) is 0.638. The number of piperidine rings is 1. The molecule has 0 aliphatic carbocycles. The molecule has 1 aromatic rings. The molecular formula is C15H22N4O5. The van der Waals surface area contributed by atoms with Gasteiger partial charge in [0, 0.05) is 18.7 Å². The minimum atomic E-state index is -0.667. The molecule has 0 bridgehead atoms. The lowest BCUT2D eigenvalue weighted by atomic mass is 9.74. The van der Waals surface area contributed by atoms with E-state index in [-0.39, 0.29) is 28.5 Å². The van der Waals surface area contributed by atoms with E-state index in [1.807, 2.05) is 27.7 Å². The van der Waals surface area contributed by atoms with Crippen LogP contribution in [0.25, 0.3) is 0 Å². The van der Waals surface area contributed by atoms with Gasteiger partial charge in [0.2, 0.25) is 0 Å². The van der Waals surface area contributed by atoms with E-state index in [0.717, 1.165) is 6.07 Å². The van der Waals surface area contributed by atoms with Crippen LogP contribution in [0.3, 0.4) is 0 Å². The predicted molar refractivity (Wildman–Crippen MR) is 88.1 cm³/mol. The number of nitro groups is 2. The average Bonchev–Trinajstić information content (AvgIpc) is 2.44. The molecule has 0 spiro atoms. The first-order valence-corrected chi connectivity index (χ1v) is 7.60. The third-order valence-corrected chi connectivity index (χ3v) is 4.57. The highest BCUT2D eigenvalue weighted by atomic mass is 16.6. The van der Waals surface area contributed by atoms with E-state index in [9.17, 15) is 25.4 Å². The fraction of sp³-hybridized carbons (Fsp3) is 0.600. The second-order valence-corrected chi connectivity index (χ2v) is 7.49. The maximum atomic E-state index is 11.3. The van der Waals surface area contributed by atoms with Gasteiger partial charge in [-0.05, 0) is 31.7 Å². The summed E-state index contributed by atoms with van der Waals surface area (Å²) >= 11 is 0. The van der Waals surface area contributed by atoms with Crippen LogP contribution >= 0.6 is 0 Å². The summed E-state index contributed by atoms with van der Waals surface area (Å²) in [6, 6.07) is 3.24. The molecule has 0 aromatic heterocycles. The molecule has 1 aliphatic rings. The number of anilines is 1. The molecule has 0 amide bonds. The number of rotatable bonds is 4. The lowest BCUT2D eigenvalue weighted by molar-refractivity contribution is -0.393. The van der Waals surface area contributed by atoms with Crippen molar-refractivity contribution in [2.24, 2.45) is 5.41 Å². The van der Waals surface area contributed by atoms with Crippen LogP contribution in [0.5, 0.6) is 0 Å². The Balaban J connectivity index is 2.38. The SMILES string of the molecule is CC1(C)CC(Nc2ccc([N+](=O)[O-])cc2[N+](=O)[O-])C(C)(C)N(O)C1. The molecule has 1 aliphatic heterocycles. The van der Waals surface area contributed by atoms with E-state index >= 15 is 0 Å². The van der Waals surface area contributed by atoms with Crippen molar-refractivity contribution in [3.8, 4) is 0 Å². The van der Waals surface area contributed by atoms with Crippen LogP contribution in [0.2, 0.25) is 0 Å². The van der Waals surface area contributed by atoms with Gasteiger partial charge in [0.05, 0.1) is 21.5 Å². The minimum absolute atomic E-state index is 0.183. The standard InChI is InChI=1S/C15H22N4O5/c1-14(2)8-13(15(3,4)17(20)9-14)16-11-6-5-10(18(21)22)7-12(11)19(23)24/h5-7,13,16,20H,8-9H2,1-4H3. The van der Waals surface area contributed by atoms with Gasteiger partial charge in [0.1, 0.15) is 5.69 Å². The van der Waals surface area contributed by atoms with Crippen LogP contribution < -0.4 is 5.32 Å². The summed E-state index contributed by atoms with van der Waals surface area (Å²) < 4.78 is 0. The van der Waals surface area contributed by atoms with Crippen LogP contribution in [0.4, 0.5) is 17.1 Å². The normalized spacial score (nSPS) is 22.8. The number of nitro benzene ring substituents is 2. The van der Waals surface area contributed by atoms with Gasteiger partial charge >= 0.3 is 0 Å². The lowest BCUT2D eigenvalue weighted by Gasteiger charge is -2.51. The number of hydrogen-bond acceptors (Lipinski definition) is 7. The number of nitrogens with one attached hydrogen (secondary N) is 1. The number of nitrogens with zero attached hydrogens (tertiary/aromatic N) is 3. The second-order valence-electron chi connectivity index (χ2n) is 7.49. The van der Waals surface area contributed by atoms with Gasteiger partial charge in [-0.1, -0.05) is 13.8 Å². The lowest BCUT2D eigenvalue weighted by Crippen LogP contribution is -2.61. The maximum Gasteiger partial charge on any atom is 0.299 e. The molecule has 24 heavy (non-hydrogen) atoms. The third kappa shape index (κ3) is 3.46. The van der Waals surface area contributed by atoms with Gasteiger partial charge in [0.15, 0.2) is 0 Å². The van der Waals surface area contributed by atoms with Crippen molar-refractivity contribution in [2.75, 3.05) is 11.9 Å². The molecule has 1 saturated heterocycles. The highest BCUT2D eigenvalue weighted by molar-refractivity contribution is 5.66. The van der Waals surface area contributed by atoms with E-state index < -0.39 is 15.4 Å². The topological polar surface area (TPSA) is 122 Å². The molecule has 1 fully saturated rings. The zero-order valence-corrected chi connectivity index (χ0v) is 14.1. The van der Waals surface area contributed by atoms with Crippen molar-refractivity contribution in [2.45, 2.75) is 45.7 Å². The molecule has 1 aromatic carbocycles. The summed E-state index contributed by atoms with van der Waals surface area (Å²) in [5.74, 6) is 0. The molecule has 1 unspecified atom stereocenters. The largest absolute Gasteiger partial charge is 0.375 e. The first-order valence-electron chi connectivity index (χ1n) is 7.60. The van der Waals surface area contributed by atoms with Crippen molar-refractivity contribution in [1.29, 1.82) is 0 Å². The van der Waals surface area contributed by atoms with Gasteiger partial charge in [0.25, 0.3) is 11.4 Å². The summed E-state index contributed by atoms with van der Waals surface area (Å²) in [6.45, 7) is 8.18. The van der Waals surface area contributed by atoms with Gasteiger partial charge in [-0.2, -0.15) is 5.06 Å². The van der Waals surface area contributed by atoms with E-state index in [0.29, 0.717) is 13.0 Å². The number of non-ortho nitro benzene ring substituents is 1. The Bertz CT molecular complexity index is 674. The smallest absolute Gasteiger partial charge is 0.299 e. The molecular weight excluding hydrogens is 316 g/mol. The van der Waals surface area contributed by atoms with Gasteiger partial charge in [-0.25, -0.2) is 0 Å². The first kappa shape index (κ1) is 18.1. The fourth-order valence-corrected chi connectivity index (χ4v) is 2.98. The van der Waals surface area contributed by atoms with Crippen LogP contribution in [0, 0.1) is 25.6 Å². The summed E-state index contributed by atoms with van der Waals surface area (Å²) in [6.07, 6.45) is 0.686. The summed E-state index contributed by atoms with van der Waals surface area (Å²) in [4.78, 5) is 20.8. The van der Waals surface area contributed by atoms with Crippen LogP contribution in [0.15, 0.2) is 18.2 Å². The van der Waals surface area contributed by atoms with Crippen molar-refractivity contribution < 1.29 is 15.1 Å². The van der Waals surface area contributed by atoms with E-state index in [2.05, 4.69) is 5.32 Å². The highest BCUT2D eigenvalue weighted by Crippen LogP contribution is 2.40. The van der Waals surface area contributed by atoms with Crippen molar-refractivity contribution >= 4 is 17.1 Å². The first-order chi connectivity index (χ1) is 10.9. The Hall–Kier alpha value is -2.26. The third-order valence-electron chi connectivity index (χ3n) is 4.57. The second kappa shape index (κ2) is 5.99. The molecule has 2 rings (SSSR count). The molecule has 132 valence electrons. The zero-order chi connectivity index (χ0) is 18.3. The predicted octanol–water partition coefficient (Wildman–Crippen LogP) is 3.18. The Morgan fingerprint density at radius 1 is 1.21 bits per heavy atom. The Labute approximate surface area is 139 Å². The fourth-order valence-electron chi connectivity index (χ4n) is 2.98. The van der Waals surface area contributed by atoms with Gasteiger partial charge in [-0.3, -0.25) is 20.2 Å². The maximum absolute atomic E-state index is 11.3. The molecule has 9 nitrogen and oxygen atoms in total. The van der Waals surface area contributed by atoms with Crippen LogP contribution in [-0.2, 0) is 0 Å². The monoisotopic (exact) mass is 338 g/mol. The molecule has 9 heteroatoms. The Morgan fingerprint density at radius 2 is 1.83 bits per heavy atom. The summed E-state index contributed by atoms with van der Waals surface area (Å²) in [5.41, 5.74) is -1.32. The molecule has 2 N–H and O–H groups in total. The van der Waals surface area contributed by atoms with Crippen LogP contribution in [-0.4, -0.2) is 38.2 Å². The molecule has 1 heterocycles. The Kier molecular flexibility index (Phi) is 4.51. The van der Waals surface area contributed by atoms with Crippen LogP contribution in [0.1, 0.15) is 34.1 Å². The molecule has 0 radical (unpaired) electrons. The highest BCUT2D eigenvalue weighted by Gasteiger charge is 2.45. The Morgan fingerprint density at radius 3 is 2.38 bits per heavy atom. The average molecular weight is 338 g/mol. The van der Waals surface area contributed by atoms with Crippen molar-refractivity contribution in [3.05, 3.63) is 38.4 Å². The van der Waals surface area contributed by atoms with E-state index in [4.69, 9.17) is 0 Å². The van der Waals surface area contributed by atoms with Crippen molar-refractivity contribution in [1.82, 2.24) is 5.06 Å². The molecule has 1 atom stereocenters.